The predicted molar refractivity (Wildman–Crippen MR) is 112 cm³/mol. The van der Waals surface area contributed by atoms with Crippen molar-refractivity contribution in [1.82, 2.24) is 4.90 Å². The summed E-state index contributed by atoms with van der Waals surface area (Å²) in [7, 11) is 0. The van der Waals surface area contributed by atoms with Crippen LogP contribution in [0.15, 0.2) is 48.5 Å². The molecule has 0 atom stereocenters. The minimum atomic E-state index is -1.84. The molecule has 3 saturated heterocycles. The highest BCUT2D eigenvalue weighted by Gasteiger charge is 2.58. The van der Waals surface area contributed by atoms with Gasteiger partial charge in [-0.25, -0.2) is 14.0 Å². The first kappa shape index (κ1) is 20.6. The number of ether oxygens (including phenoxy) is 2. The first-order valence-corrected chi connectivity index (χ1v) is 10.8. The molecule has 0 saturated carbocycles. The van der Waals surface area contributed by atoms with Crippen molar-refractivity contribution in [2.45, 2.75) is 31.0 Å². The van der Waals surface area contributed by atoms with Gasteiger partial charge in [-0.1, -0.05) is 30.3 Å². The fourth-order valence-corrected chi connectivity index (χ4v) is 4.69. The largest absolute Gasteiger partial charge is 0.421 e. The number of piperidine rings is 1. The second kappa shape index (κ2) is 8.02. The molecule has 1 amide bonds. The number of carbonyl (C=O) groups is 3. The van der Waals surface area contributed by atoms with Crippen molar-refractivity contribution in [2.24, 2.45) is 0 Å². The number of hydrogen-bond donors (Lipinski definition) is 0. The van der Waals surface area contributed by atoms with Crippen LogP contribution < -0.4 is 4.90 Å². The first-order chi connectivity index (χ1) is 15.4. The Morgan fingerprint density at radius 1 is 1.00 bits per heavy atom. The van der Waals surface area contributed by atoms with Crippen molar-refractivity contribution in [2.75, 3.05) is 31.1 Å². The molecule has 0 radical (unpaired) electrons. The quantitative estimate of drug-likeness (QED) is 0.527. The number of amides is 1. The Balaban J connectivity index is 1.25. The van der Waals surface area contributed by atoms with Gasteiger partial charge in [-0.2, -0.15) is 0 Å². The molecule has 3 heterocycles. The van der Waals surface area contributed by atoms with Crippen molar-refractivity contribution in [3.8, 4) is 0 Å². The van der Waals surface area contributed by atoms with Crippen LogP contribution in [-0.4, -0.2) is 54.7 Å². The number of halogens is 1. The predicted octanol–water partition coefficient (Wildman–Crippen LogP) is 2.39. The van der Waals surface area contributed by atoms with E-state index in [4.69, 9.17) is 9.47 Å². The van der Waals surface area contributed by atoms with Crippen molar-refractivity contribution in [1.29, 1.82) is 0 Å². The van der Waals surface area contributed by atoms with E-state index in [0.29, 0.717) is 18.9 Å². The maximum absolute atomic E-state index is 13.5. The zero-order chi connectivity index (χ0) is 22.3. The van der Waals surface area contributed by atoms with Gasteiger partial charge in [-0.15, -0.1) is 0 Å². The zero-order valence-corrected chi connectivity index (χ0v) is 17.5. The average Bonchev–Trinajstić information content (AvgIpc) is 3.03. The Kier molecular flexibility index (Phi) is 5.17. The number of nitrogens with zero attached hydrogens (tertiary/aromatic N) is 2. The zero-order valence-electron chi connectivity index (χ0n) is 17.5. The monoisotopic (exact) mass is 438 g/mol. The molecule has 2 aromatic rings. The lowest BCUT2D eigenvalue weighted by Gasteiger charge is -2.40. The van der Waals surface area contributed by atoms with Crippen LogP contribution in [-0.2, 0) is 30.3 Å². The number of anilines is 1. The van der Waals surface area contributed by atoms with Crippen LogP contribution in [0.3, 0.4) is 0 Å². The van der Waals surface area contributed by atoms with Crippen LogP contribution in [0.4, 0.5) is 10.1 Å². The summed E-state index contributed by atoms with van der Waals surface area (Å²) in [6.07, 6.45) is 1.43. The summed E-state index contributed by atoms with van der Waals surface area (Å²) in [5.41, 5.74) is 2.74. The van der Waals surface area contributed by atoms with E-state index in [9.17, 15) is 18.8 Å². The molecule has 2 aromatic carbocycles. The second-order valence-corrected chi connectivity index (χ2v) is 8.48. The number of likely N-dealkylation sites (tertiary alicyclic amines) is 1. The Hall–Kier alpha value is -3.26. The standard InChI is InChI=1S/C24H23FN2O5/c25-19-7-3-6-17(13-19)18-14-26(15-18)12-9-16-5-1-2-8-20(16)27-11-4-10-24(23(27)30)31-21(28)22(29)32-24/h1-3,5-8,13,18H,4,9-12,14-15H2. The third kappa shape index (κ3) is 3.64. The van der Waals surface area contributed by atoms with Gasteiger partial charge in [0.15, 0.2) is 0 Å². The Labute approximate surface area is 184 Å². The summed E-state index contributed by atoms with van der Waals surface area (Å²) in [6, 6.07) is 14.4. The third-order valence-electron chi connectivity index (χ3n) is 6.40. The molecule has 3 aliphatic rings. The molecule has 3 fully saturated rings. The highest BCUT2D eigenvalue weighted by molar-refractivity contribution is 6.32. The molecule has 5 rings (SSSR count). The fraction of sp³-hybridized carbons (Fsp3) is 0.375. The van der Waals surface area contributed by atoms with Gasteiger partial charge in [0.05, 0.1) is 0 Å². The molecular weight excluding hydrogens is 415 g/mol. The highest BCUT2D eigenvalue weighted by Crippen LogP contribution is 2.36. The number of rotatable bonds is 5. The van der Waals surface area contributed by atoms with Crippen LogP contribution in [0.1, 0.15) is 29.9 Å². The van der Waals surface area contributed by atoms with E-state index in [1.807, 2.05) is 30.3 Å². The third-order valence-corrected chi connectivity index (χ3v) is 6.40. The van der Waals surface area contributed by atoms with Crippen LogP contribution in [0, 0.1) is 5.82 Å². The second-order valence-electron chi connectivity index (χ2n) is 8.48. The minimum absolute atomic E-state index is 0.164. The lowest BCUT2D eigenvalue weighted by molar-refractivity contribution is -0.192. The van der Waals surface area contributed by atoms with Crippen LogP contribution >= 0.6 is 0 Å². The summed E-state index contributed by atoms with van der Waals surface area (Å²) in [5.74, 6) is -4.49. The molecule has 0 N–H and O–H groups in total. The van der Waals surface area contributed by atoms with Crippen LogP contribution in [0.25, 0.3) is 0 Å². The van der Waals surface area contributed by atoms with Gasteiger partial charge >= 0.3 is 23.6 Å². The van der Waals surface area contributed by atoms with E-state index in [0.717, 1.165) is 42.9 Å². The van der Waals surface area contributed by atoms with Gasteiger partial charge in [-0.3, -0.25) is 4.79 Å². The smallest absolute Gasteiger partial charge is 0.405 e. The van der Waals surface area contributed by atoms with Crippen molar-refractivity contribution in [3.05, 3.63) is 65.5 Å². The van der Waals surface area contributed by atoms with Crippen LogP contribution in [0.5, 0.6) is 0 Å². The van der Waals surface area contributed by atoms with Gasteiger partial charge in [0.25, 0.3) is 0 Å². The number of para-hydroxylation sites is 1. The summed E-state index contributed by atoms with van der Waals surface area (Å²) < 4.78 is 23.6. The summed E-state index contributed by atoms with van der Waals surface area (Å²) >= 11 is 0. The fourth-order valence-electron chi connectivity index (χ4n) is 4.69. The Bertz CT molecular complexity index is 1070. The maximum Gasteiger partial charge on any atom is 0.421 e. The maximum atomic E-state index is 13.5. The van der Waals surface area contributed by atoms with Crippen molar-refractivity contribution >= 4 is 23.5 Å². The Morgan fingerprint density at radius 3 is 2.50 bits per heavy atom. The SMILES string of the molecule is O=C1OC2(CCCN(c3ccccc3CCN3CC(c4cccc(F)c4)C3)C2=O)OC1=O. The molecule has 1 spiro atoms. The van der Waals surface area contributed by atoms with Gasteiger partial charge < -0.3 is 19.3 Å². The molecule has 0 aromatic heterocycles. The van der Waals surface area contributed by atoms with Gasteiger partial charge in [-0.05, 0) is 42.2 Å². The highest BCUT2D eigenvalue weighted by atomic mass is 19.1. The van der Waals surface area contributed by atoms with Crippen molar-refractivity contribution in [3.63, 3.8) is 0 Å². The molecule has 32 heavy (non-hydrogen) atoms. The molecule has 8 heteroatoms. The van der Waals surface area contributed by atoms with Gasteiger partial charge in [0, 0.05) is 44.2 Å². The summed E-state index contributed by atoms with van der Waals surface area (Å²) in [6.45, 7) is 2.99. The molecule has 3 aliphatic heterocycles. The van der Waals surface area contributed by atoms with Gasteiger partial charge in [0.2, 0.25) is 0 Å². The van der Waals surface area contributed by atoms with Crippen LogP contribution in [0.2, 0.25) is 0 Å². The average molecular weight is 438 g/mol. The molecule has 0 bridgehead atoms. The van der Waals surface area contributed by atoms with Gasteiger partial charge in [0.1, 0.15) is 5.82 Å². The number of hydrogen-bond acceptors (Lipinski definition) is 6. The van der Waals surface area contributed by atoms with E-state index in [1.54, 1.807) is 17.0 Å². The number of carbonyl (C=O) groups excluding carboxylic acids is 3. The topological polar surface area (TPSA) is 76.2 Å². The molecule has 0 aliphatic carbocycles. The lowest BCUT2D eigenvalue weighted by atomic mass is 9.91. The molecule has 7 nitrogen and oxygen atoms in total. The van der Waals surface area contributed by atoms with E-state index in [-0.39, 0.29) is 12.2 Å². The van der Waals surface area contributed by atoms with E-state index < -0.39 is 23.6 Å². The Morgan fingerprint density at radius 2 is 1.75 bits per heavy atom. The molecular formula is C24H23FN2O5. The van der Waals surface area contributed by atoms with E-state index >= 15 is 0 Å². The van der Waals surface area contributed by atoms with E-state index in [2.05, 4.69) is 4.90 Å². The lowest BCUT2D eigenvalue weighted by Crippen LogP contribution is -2.55. The minimum Gasteiger partial charge on any atom is -0.405 e. The molecule has 166 valence electrons. The number of benzene rings is 2. The first-order valence-electron chi connectivity index (χ1n) is 10.8. The van der Waals surface area contributed by atoms with Crippen molar-refractivity contribution < 1.29 is 28.2 Å². The normalized spacial score (nSPS) is 20.9. The van der Waals surface area contributed by atoms with E-state index in [1.165, 1.54) is 6.07 Å². The summed E-state index contributed by atoms with van der Waals surface area (Å²) in [5, 5.41) is 0. The number of esters is 2. The summed E-state index contributed by atoms with van der Waals surface area (Å²) in [4.78, 5) is 40.2. The molecule has 0 unspecified atom stereocenters.